The number of fused-ring (bicyclic) bond motifs is 1. The molecule has 2 aromatic carbocycles. The molecule has 0 fully saturated rings. The number of aromatic nitrogens is 1. The van der Waals surface area contributed by atoms with Crippen molar-refractivity contribution >= 4 is 44.1 Å². The van der Waals surface area contributed by atoms with Crippen LogP contribution in [0.15, 0.2) is 46.9 Å². The van der Waals surface area contributed by atoms with Gasteiger partial charge in [0.1, 0.15) is 17.0 Å². The van der Waals surface area contributed by atoms with Gasteiger partial charge in [-0.25, -0.2) is 4.39 Å². The molecule has 0 aliphatic heterocycles. The van der Waals surface area contributed by atoms with Crippen LogP contribution in [0, 0.1) is 15.9 Å². The molecule has 116 valence electrons. The number of nitro groups is 1. The molecular weight excluding hydrogens is 369 g/mol. The second kappa shape index (κ2) is 5.81. The number of aromatic amines is 1. The predicted octanol–water partition coefficient (Wildman–Crippen LogP) is 4.23. The van der Waals surface area contributed by atoms with Crippen molar-refractivity contribution in [1.82, 2.24) is 4.98 Å². The molecule has 3 rings (SSSR count). The number of benzene rings is 2. The van der Waals surface area contributed by atoms with E-state index in [1.807, 2.05) is 0 Å². The fourth-order valence-corrected chi connectivity index (χ4v) is 2.65. The van der Waals surface area contributed by atoms with Gasteiger partial charge in [0.2, 0.25) is 0 Å². The number of nitrogens with zero attached hydrogens (tertiary/aromatic N) is 1. The number of rotatable bonds is 3. The van der Waals surface area contributed by atoms with Gasteiger partial charge in [-0.2, -0.15) is 0 Å². The third-order valence-corrected chi connectivity index (χ3v) is 3.91. The zero-order valence-corrected chi connectivity index (χ0v) is 13.1. The number of non-ortho nitro benzene ring substituents is 1. The Balaban J connectivity index is 1.95. The minimum atomic E-state index is -0.517. The van der Waals surface area contributed by atoms with Gasteiger partial charge in [-0.15, -0.1) is 0 Å². The van der Waals surface area contributed by atoms with Crippen LogP contribution in [0.1, 0.15) is 10.5 Å². The summed E-state index contributed by atoms with van der Waals surface area (Å²) in [5, 5.41) is 14.2. The van der Waals surface area contributed by atoms with Gasteiger partial charge in [0, 0.05) is 15.9 Å². The molecular formula is C15H9BrFN3O3. The molecule has 3 aromatic rings. The van der Waals surface area contributed by atoms with E-state index in [2.05, 4.69) is 26.2 Å². The summed E-state index contributed by atoms with van der Waals surface area (Å²) in [6.45, 7) is 0. The lowest BCUT2D eigenvalue weighted by atomic mass is 10.2. The van der Waals surface area contributed by atoms with Crippen molar-refractivity contribution in [3.63, 3.8) is 0 Å². The SMILES string of the molecule is O=C(Nc1ccc(F)cc1Br)c1cc2cccc([N+](=O)[O-])c2[nH]1. The highest BCUT2D eigenvalue weighted by Gasteiger charge is 2.17. The maximum atomic E-state index is 13.1. The number of nitrogens with one attached hydrogen (secondary N) is 2. The van der Waals surface area contributed by atoms with E-state index in [0.29, 0.717) is 15.5 Å². The van der Waals surface area contributed by atoms with Crippen molar-refractivity contribution < 1.29 is 14.1 Å². The summed E-state index contributed by atoms with van der Waals surface area (Å²) in [4.78, 5) is 25.5. The van der Waals surface area contributed by atoms with Crippen LogP contribution < -0.4 is 5.32 Å². The van der Waals surface area contributed by atoms with Crippen LogP contribution in [0.2, 0.25) is 0 Å². The lowest BCUT2D eigenvalue weighted by Gasteiger charge is -2.06. The van der Waals surface area contributed by atoms with Crippen LogP contribution in [-0.2, 0) is 0 Å². The summed E-state index contributed by atoms with van der Waals surface area (Å²) < 4.78 is 13.5. The number of halogens is 2. The van der Waals surface area contributed by atoms with Crippen LogP contribution in [0.5, 0.6) is 0 Å². The van der Waals surface area contributed by atoms with Crippen LogP contribution in [0.25, 0.3) is 10.9 Å². The number of hydrogen-bond donors (Lipinski definition) is 2. The molecule has 0 bridgehead atoms. The van der Waals surface area contributed by atoms with E-state index in [1.165, 1.54) is 30.3 Å². The summed E-state index contributed by atoms with van der Waals surface area (Å²) in [5.74, 6) is -0.918. The number of carbonyl (C=O) groups excluding carboxylic acids is 1. The predicted molar refractivity (Wildman–Crippen MR) is 87.0 cm³/mol. The minimum Gasteiger partial charge on any atom is -0.345 e. The van der Waals surface area contributed by atoms with Crippen molar-refractivity contribution in [3.8, 4) is 0 Å². The number of nitro benzene ring substituents is 1. The largest absolute Gasteiger partial charge is 0.345 e. The summed E-state index contributed by atoms with van der Waals surface area (Å²) in [7, 11) is 0. The van der Waals surface area contributed by atoms with E-state index in [0.717, 1.165) is 0 Å². The van der Waals surface area contributed by atoms with Crippen LogP contribution in [0.4, 0.5) is 15.8 Å². The standard InChI is InChI=1S/C15H9BrFN3O3/c16-10-7-9(17)4-5-11(10)19-15(21)12-6-8-2-1-3-13(20(22)23)14(8)18-12/h1-7,18H,(H,19,21). The zero-order chi connectivity index (χ0) is 16.6. The monoisotopic (exact) mass is 377 g/mol. The molecule has 0 spiro atoms. The quantitative estimate of drug-likeness (QED) is 0.528. The van der Waals surface area contributed by atoms with Crippen molar-refractivity contribution in [2.24, 2.45) is 0 Å². The lowest BCUT2D eigenvalue weighted by molar-refractivity contribution is -0.383. The smallest absolute Gasteiger partial charge is 0.293 e. The minimum absolute atomic E-state index is 0.107. The molecule has 8 heteroatoms. The highest BCUT2D eigenvalue weighted by molar-refractivity contribution is 9.10. The first kappa shape index (κ1) is 15.2. The highest BCUT2D eigenvalue weighted by Crippen LogP contribution is 2.27. The Morgan fingerprint density at radius 3 is 2.74 bits per heavy atom. The van der Waals surface area contributed by atoms with Gasteiger partial charge in [0.25, 0.3) is 11.6 Å². The van der Waals surface area contributed by atoms with Crippen LogP contribution in [0.3, 0.4) is 0 Å². The summed E-state index contributed by atoms with van der Waals surface area (Å²) >= 11 is 3.16. The van der Waals surface area contributed by atoms with E-state index in [1.54, 1.807) is 12.1 Å². The Labute approximate surface area is 137 Å². The van der Waals surface area contributed by atoms with E-state index in [9.17, 15) is 19.3 Å². The molecule has 0 unspecified atom stereocenters. The molecule has 0 aliphatic carbocycles. The average molecular weight is 378 g/mol. The maximum Gasteiger partial charge on any atom is 0.293 e. The number of anilines is 1. The number of H-pyrrole nitrogens is 1. The fraction of sp³-hybridized carbons (Fsp3) is 0. The van der Waals surface area contributed by atoms with Gasteiger partial charge in [-0.3, -0.25) is 14.9 Å². The van der Waals surface area contributed by atoms with Gasteiger partial charge < -0.3 is 10.3 Å². The highest BCUT2D eigenvalue weighted by atomic mass is 79.9. The topological polar surface area (TPSA) is 88.0 Å². The summed E-state index contributed by atoms with van der Waals surface area (Å²) in [6, 6.07) is 9.96. The van der Waals surface area contributed by atoms with Gasteiger partial charge >= 0.3 is 0 Å². The normalized spacial score (nSPS) is 10.7. The first-order valence-electron chi connectivity index (χ1n) is 6.48. The Morgan fingerprint density at radius 1 is 1.26 bits per heavy atom. The number of para-hydroxylation sites is 1. The van der Waals surface area contributed by atoms with Crippen LogP contribution in [-0.4, -0.2) is 15.8 Å². The second-order valence-electron chi connectivity index (χ2n) is 4.76. The average Bonchev–Trinajstić information content (AvgIpc) is 2.93. The Hall–Kier alpha value is -2.74. The van der Waals surface area contributed by atoms with E-state index in [4.69, 9.17) is 0 Å². The van der Waals surface area contributed by atoms with E-state index in [-0.39, 0.29) is 16.9 Å². The zero-order valence-electron chi connectivity index (χ0n) is 11.5. The van der Waals surface area contributed by atoms with Gasteiger partial charge in [-0.1, -0.05) is 12.1 Å². The fourth-order valence-electron chi connectivity index (χ4n) is 2.20. The lowest BCUT2D eigenvalue weighted by Crippen LogP contribution is -2.12. The van der Waals surface area contributed by atoms with Crippen molar-refractivity contribution in [2.75, 3.05) is 5.32 Å². The summed E-state index contributed by atoms with van der Waals surface area (Å²) in [5.41, 5.74) is 0.736. The van der Waals surface area contributed by atoms with Crippen molar-refractivity contribution in [3.05, 3.63) is 68.6 Å². The Kier molecular flexibility index (Phi) is 3.83. The third-order valence-electron chi connectivity index (χ3n) is 3.25. The molecule has 0 saturated heterocycles. The Morgan fingerprint density at radius 2 is 2.04 bits per heavy atom. The van der Waals surface area contributed by atoms with Gasteiger partial charge in [0.05, 0.1) is 10.6 Å². The number of amides is 1. The first-order valence-corrected chi connectivity index (χ1v) is 7.27. The molecule has 1 heterocycles. The molecule has 0 saturated carbocycles. The summed E-state index contributed by atoms with van der Waals surface area (Å²) in [6.07, 6.45) is 0. The molecule has 1 amide bonds. The molecule has 0 radical (unpaired) electrons. The molecule has 6 nitrogen and oxygen atoms in total. The Bertz CT molecular complexity index is 939. The second-order valence-corrected chi connectivity index (χ2v) is 5.61. The van der Waals surface area contributed by atoms with Gasteiger partial charge in [-0.05, 0) is 40.2 Å². The van der Waals surface area contributed by atoms with E-state index < -0.39 is 16.6 Å². The molecule has 0 aliphatic rings. The number of carbonyl (C=O) groups is 1. The van der Waals surface area contributed by atoms with Crippen molar-refractivity contribution in [1.29, 1.82) is 0 Å². The molecule has 23 heavy (non-hydrogen) atoms. The van der Waals surface area contributed by atoms with Gasteiger partial charge in [0.15, 0.2) is 0 Å². The molecule has 1 aromatic heterocycles. The van der Waals surface area contributed by atoms with Crippen molar-refractivity contribution in [2.45, 2.75) is 0 Å². The molecule has 0 atom stereocenters. The maximum absolute atomic E-state index is 13.1. The molecule has 2 N–H and O–H groups in total. The van der Waals surface area contributed by atoms with Crippen LogP contribution >= 0.6 is 15.9 Å². The van der Waals surface area contributed by atoms with E-state index >= 15 is 0 Å². The first-order chi connectivity index (χ1) is 11.0. The number of hydrogen-bond acceptors (Lipinski definition) is 3. The third kappa shape index (κ3) is 2.93.